The summed E-state index contributed by atoms with van der Waals surface area (Å²) in [5.74, 6) is -1.03. The monoisotopic (exact) mass is 234 g/mol. The van der Waals surface area contributed by atoms with Gasteiger partial charge < -0.3 is 20.9 Å². The number of H-pyrrole nitrogens is 1. The quantitative estimate of drug-likeness (QED) is 0.641. The SMILES string of the molecule is CC(N)(Cc1c(O)ccc2[nH]ccc12)C(=O)O. The van der Waals surface area contributed by atoms with E-state index in [1.165, 1.54) is 13.0 Å². The molecule has 0 aliphatic rings. The van der Waals surface area contributed by atoms with Crippen LogP contribution in [0.2, 0.25) is 0 Å². The van der Waals surface area contributed by atoms with Gasteiger partial charge in [0.2, 0.25) is 0 Å². The van der Waals surface area contributed by atoms with Gasteiger partial charge in [0.1, 0.15) is 11.3 Å². The van der Waals surface area contributed by atoms with Crippen LogP contribution in [0.5, 0.6) is 5.75 Å². The number of hydrogen-bond acceptors (Lipinski definition) is 3. The number of carboxylic acids is 1. The van der Waals surface area contributed by atoms with Gasteiger partial charge in [-0.05, 0) is 25.1 Å². The molecule has 1 unspecified atom stereocenters. The molecule has 17 heavy (non-hydrogen) atoms. The molecule has 0 saturated heterocycles. The summed E-state index contributed by atoms with van der Waals surface area (Å²) < 4.78 is 0. The minimum atomic E-state index is -1.40. The number of aromatic nitrogens is 1. The van der Waals surface area contributed by atoms with Gasteiger partial charge in [0.05, 0.1) is 0 Å². The van der Waals surface area contributed by atoms with Gasteiger partial charge in [-0.15, -0.1) is 0 Å². The number of aromatic hydroxyl groups is 1. The molecular weight excluding hydrogens is 220 g/mol. The molecule has 90 valence electrons. The Hall–Kier alpha value is -2.01. The minimum absolute atomic E-state index is 0.0648. The molecule has 0 amide bonds. The first-order valence-corrected chi connectivity index (χ1v) is 5.22. The number of carbonyl (C=O) groups is 1. The standard InChI is InChI=1S/C12H14N2O3/c1-12(13,11(16)17)6-8-7-4-5-14-9(7)2-3-10(8)15/h2-5,14-15H,6,13H2,1H3,(H,16,17). The lowest BCUT2D eigenvalue weighted by molar-refractivity contribution is -0.142. The first-order chi connectivity index (χ1) is 7.92. The van der Waals surface area contributed by atoms with E-state index in [-0.39, 0.29) is 12.2 Å². The Kier molecular flexibility index (Phi) is 2.55. The van der Waals surface area contributed by atoms with Crippen LogP contribution >= 0.6 is 0 Å². The zero-order valence-electron chi connectivity index (χ0n) is 9.40. The zero-order valence-corrected chi connectivity index (χ0v) is 9.40. The van der Waals surface area contributed by atoms with E-state index in [9.17, 15) is 9.90 Å². The van der Waals surface area contributed by atoms with Gasteiger partial charge in [0.15, 0.2) is 0 Å². The Bertz CT molecular complexity index is 572. The second-order valence-electron chi connectivity index (χ2n) is 4.40. The molecule has 1 aromatic heterocycles. The van der Waals surface area contributed by atoms with Gasteiger partial charge >= 0.3 is 5.97 Å². The predicted octanol–water partition coefficient (Wildman–Crippen LogP) is 1.22. The maximum Gasteiger partial charge on any atom is 0.323 e. The normalized spacial score (nSPS) is 14.7. The molecule has 0 bridgehead atoms. The smallest absolute Gasteiger partial charge is 0.323 e. The van der Waals surface area contributed by atoms with Crippen LogP contribution in [0.25, 0.3) is 10.9 Å². The lowest BCUT2D eigenvalue weighted by atomic mass is 9.91. The van der Waals surface area contributed by atoms with Crippen LogP contribution in [-0.2, 0) is 11.2 Å². The van der Waals surface area contributed by atoms with Crippen molar-refractivity contribution in [3.63, 3.8) is 0 Å². The third-order valence-electron chi connectivity index (χ3n) is 2.85. The molecule has 0 saturated carbocycles. The Morgan fingerprint density at radius 3 is 2.82 bits per heavy atom. The van der Waals surface area contributed by atoms with E-state index in [1.54, 1.807) is 18.3 Å². The fourth-order valence-corrected chi connectivity index (χ4v) is 1.81. The summed E-state index contributed by atoms with van der Waals surface area (Å²) in [6.07, 6.45) is 1.81. The van der Waals surface area contributed by atoms with E-state index >= 15 is 0 Å². The molecular formula is C12H14N2O3. The van der Waals surface area contributed by atoms with Crippen LogP contribution in [0.1, 0.15) is 12.5 Å². The fraction of sp³-hybridized carbons (Fsp3) is 0.250. The fourth-order valence-electron chi connectivity index (χ4n) is 1.81. The van der Waals surface area contributed by atoms with Gasteiger partial charge in [-0.2, -0.15) is 0 Å². The topological polar surface area (TPSA) is 99.3 Å². The maximum atomic E-state index is 11.0. The number of nitrogens with two attached hydrogens (primary N) is 1. The molecule has 1 aromatic carbocycles. The third kappa shape index (κ3) is 1.97. The van der Waals surface area contributed by atoms with Gasteiger partial charge in [-0.3, -0.25) is 4.79 Å². The average Bonchev–Trinajstić information content (AvgIpc) is 2.70. The lowest BCUT2D eigenvalue weighted by Gasteiger charge is -2.20. The molecule has 0 aliphatic carbocycles. The van der Waals surface area contributed by atoms with E-state index in [4.69, 9.17) is 10.8 Å². The molecule has 0 spiro atoms. The first kappa shape index (κ1) is 11.5. The highest BCUT2D eigenvalue weighted by molar-refractivity contribution is 5.87. The summed E-state index contributed by atoms with van der Waals surface area (Å²) >= 11 is 0. The lowest BCUT2D eigenvalue weighted by Crippen LogP contribution is -2.46. The molecule has 2 aromatic rings. The largest absolute Gasteiger partial charge is 0.508 e. The van der Waals surface area contributed by atoms with Crippen molar-refractivity contribution in [2.45, 2.75) is 18.9 Å². The molecule has 2 rings (SSSR count). The maximum absolute atomic E-state index is 11.0. The van der Waals surface area contributed by atoms with Crippen LogP contribution in [0.4, 0.5) is 0 Å². The van der Waals surface area contributed by atoms with Gasteiger partial charge in [0, 0.05) is 29.1 Å². The van der Waals surface area contributed by atoms with Crippen molar-refractivity contribution in [3.05, 3.63) is 30.0 Å². The van der Waals surface area contributed by atoms with E-state index in [2.05, 4.69) is 4.98 Å². The van der Waals surface area contributed by atoms with Crippen LogP contribution in [-0.4, -0.2) is 26.7 Å². The van der Waals surface area contributed by atoms with E-state index in [1.807, 2.05) is 0 Å². The van der Waals surface area contributed by atoms with E-state index in [0.29, 0.717) is 5.56 Å². The summed E-state index contributed by atoms with van der Waals surface area (Å²) in [4.78, 5) is 14.0. The average molecular weight is 234 g/mol. The summed E-state index contributed by atoms with van der Waals surface area (Å²) in [5, 5.41) is 19.6. The second kappa shape index (κ2) is 3.78. The van der Waals surface area contributed by atoms with Gasteiger partial charge in [-0.25, -0.2) is 0 Å². The first-order valence-electron chi connectivity index (χ1n) is 5.22. The zero-order chi connectivity index (χ0) is 12.6. The Balaban J connectivity index is 2.51. The molecule has 0 radical (unpaired) electrons. The number of aromatic amines is 1. The molecule has 0 aliphatic heterocycles. The molecule has 5 heteroatoms. The van der Waals surface area contributed by atoms with Crippen molar-refractivity contribution < 1.29 is 15.0 Å². The number of fused-ring (bicyclic) bond motifs is 1. The van der Waals surface area contributed by atoms with Gasteiger partial charge in [-0.1, -0.05) is 0 Å². The summed E-state index contributed by atoms with van der Waals surface area (Å²) in [6, 6.07) is 5.07. The Morgan fingerprint density at radius 2 is 2.18 bits per heavy atom. The predicted molar refractivity (Wildman–Crippen MR) is 63.9 cm³/mol. The highest BCUT2D eigenvalue weighted by atomic mass is 16.4. The van der Waals surface area contributed by atoms with Gasteiger partial charge in [0.25, 0.3) is 0 Å². The van der Waals surface area contributed by atoms with Crippen molar-refractivity contribution in [3.8, 4) is 5.75 Å². The molecule has 5 N–H and O–H groups in total. The number of phenols is 1. The Labute approximate surface area is 97.9 Å². The number of aliphatic carboxylic acids is 1. The minimum Gasteiger partial charge on any atom is -0.508 e. The summed E-state index contributed by atoms with van der Waals surface area (Å²) in [7, 11) is 0. The number of nitrogens with one attached hydrogen (secondary N) is 1. The molecule has 0 fully saturated rings. The third-order valence-corrected chi connectivity index (χ3v) is 2.85. The van der Waals surface area contributed by atoms with Crippen molar-refractivity contribution in [2.24, 2.45) is 5.73 Å². The van der Waals surface area contributed by atoms with Crippen LogP contribution in [0.15, 0.2) is 24.4 Å². The highest BCUT2D eigenvalue weighted by Crippen LogP contribution is 2.29. The number of carboxylic acid groups (broad SMARTS) is 1. The summed E-state index contributed by atoms with van der Waals surface area (Å²) in [5.41, 5.74) is 5.70. The summed E-state index contributed by atoms with van der Waals surface area (Å²) in [6.45, 7) is 1.43. The number of benzene rings is 1. The van der Waals surface area contributed by atoms with Crippen LogP contribution in [0, 0.1) is 0 Å². The number of rotatable bonds is 3. The highest BCUT2D eigenvalue weighted by Gasteiger charge is 2.30. The van der Waals surface area contributed by atoms with Crippen molar-refractivity contribution >= 4 is 16.9 Å². The van der Waals surface area contributed by atoms with Crippen molar-refractivity contribution in [2.75, 3.05) is 0 Å². The number of hydrogen-bond donors (Lipinski definition) is 4. The number of phenolic OH excluding ortho intramolecular Hbond substituents is 1. The second-order valence-corrected chi connectivity index (χ2v) is 4.40. The van der Waals surface area contributed by atoms with Crippen LogP contribution < -0.4 is 5.73 Å². The van der Waals surface area contributed by atoms with E-state index < -0.39 is 11.5 Å². The van der Waals surface area contributed by atoms with Crippen molar-refractivity contribution in [1.82, 2.24) is 4.98 Å². The molecule has 1 heterocycles. The van der Waals surface area contributed by atoms with Crippen LogP contribution in [0.3, 0.4) is 0 Å². The molecule has 5 nitrogen and oxygen atoms in total. The van der Waals surface area contributed by atoms with Crippen molar-refractivity contribution in [1.29, 1.82) is 0 Å². The molecule has 1 atom stereocenters. The van der Waals surface area contributed by atoms with E-state index in [0.717, 1.165) is 10.9 Å². The Morgan fingerprint density at radius 1 is 1.47 bits per heavy atom.